The predicted octanol–water partition coefficient (Wildman–Crippen LogP) is 1.99. The van der Waals surface area contributed by atoms with E-state index in [1.165, 1.54) is 6.20 Å². The molecule has 0 aliphatic rings. The molecule has 0 bridgehead atoms. The number of aromatic nitrogens is 2. The molecule has 84 valence electrons. The Bertz CT molecular complexity index is 352. The quantitative estimate of drug-likeness (QED) is 0.833. The van der Waals surface area contributed by atoms with Crippen LogP contribution in [0.3, 0.4) is 0 Å². The summed E-state index contributed by atoms with van der Waals surface area (Å²) in [7, 11) is 1.78. The molecule has 0 spiro atoms. The molecule has 1 N–H and O–H groups in total. The lowest BCUT2D eigenvalue weighted by molar-refractivity contribution is 0.0884. The van der Waals surface area contributed by atoms with Crippen molar-refractivity contribution in [2.45, 2.75) is 19.4 Å². The van der Waals surface area contributed by atoms with Gasteiger partial charge in [-0.05, 0) is 25.4 Å². The molecule has 6 heteroatoms. The van der Waals surface area contributed by atoms with Crippen molar-refractivity contribution in [3.05, 3.63) is 16.5 Å². The van der Waals surface area contributed by atoms with E-state index in [2.05, 4.69) is 9.97 Å². The molecule has 1 aromatic heterocycles. The molecule has 4 nitrogen and oxygen atoms in total. The van der Waals surface area contributed by atoms with Gasteiger partial charge in [-0.25, -0.2) is 4.98 Å². The Morgan fingerprint density at radius 1 is 1.47 bits per heavy atom. The number of likely N-dealkylation sites (N-methyl/N-ethyl adjacent to an activating group) is 1. The number of hydrogen-bond donors (Lipinski definition) is 1. The Morgan fingerprint density at radius 3 is 2.60 bits per heavy atom. The van der Waals surface area contributed by atoms with Gasteiger partial charge in [-0.1, -0.05) is 11.6 Å². The minimum Gasteiger partial charge on any atom is -0.389 e. The van der Waals surface area contributed by atoms with E-state index in [-0.39, 0.29) is 5.28 Å². The van der Waals surface area contributed by atoms with Gasteiger partial charge in [0, 0.05) is 13.6 Å². The lowest BCUT2D eigenvalue weighted by atomic mass is 10.1. The van der Waals surface area contributed by atoms with Gasteiger partial charge in [-0.15, -0.1) is 0 Å². The summed E-state index contributed by atoms with van der Waals surface area (Å²) in [5.74, 6) is 0.513. The van der Waals surface area contributed by atoms with Crippen LogP contribution in [0.2, 0.25) is 10.3 Å². The van der Waals surface area contributed by atoms with Gasteiger partial charge in [-0.2, -0.15) is 4.98 Å². The van der Waals surface area contributed by atoms with E-state index in [0.29, 0.717) is 17.4 Å². The summed E-state index contributed by atoms with van der Waals surface area (Å²) >= 11 is 11.6. The second-order valence-electron chi connectivity index (χ2n) is 3.98. The lowest BCUT2D eigenvalue weighted by Crippen LogP contribution is -2.36. The normalized spacial score (nSPS) is 11.6. The van der Waals surface area contributed by atoms with E-state index in [0.717, 1.165) is 0 Å². The average Bonchev–Trinajstić information content (AvgIpc) is 2.06. The van der Waals surface area contributed by atoms with Crippen LogP contribution in [0.25, 0.3) is 0 Å². The number of rotatable bonds is 3. The van der Waals surface area contributed by atoms with Crippen molar-refractivity contribution in [2.75, 3.05) is 18.5 Å². The van der Waals surface area contributed by atoms with Crippen LogP contribution in [0.15, 0.2) is 6.20 Å². The standard InChI is InChI=1S/C9H13Cl2N3O/c1-9(2,15)5-14(3)7-6(10)4-12-8(11)13-7/h4,15H,5H2,1-3H3. The second kappa shape index (κ2) is 4.51. The molecule has 0 aliphatic heterocycles. The Kier molecular flexibility index (Phi) is 3.76. The highest BCUT2D eigenvalue weighted by molar-refractivity contribution is 6.33. The molecule has 0 saturated heterocycles. The van der Waals surface area contributed by atoms with Crippen molar-refractivity contribution in [1.82, 2.24) is 9.97 Å². The highest BCUT2D eigenvalue weighted by atomic mass is 35.5. The topological polar surface area (TPSA) is 49.2 Å². The zero-order valence-electron chi connectivity index (χ0n) is 8.83. The minimum absolute atomic E-state index is 0.136. The Labute approximate surface area is 98.9 Å². The molecule has 0 saturated carbocycles. The summed E-state index contributed by atoms with van der Waals surface area (Å²) in [5, 5.41) is 10.2. The molecular formula is C9H13Cl2N3O. The van der Waals surface area contributed by atoms with Crippen LogP contribution >= 0.6 is 23.2 Å². The molecule has 0 fully saturated rings. The van der Waals surface area contributed by atoms with Crippen molar-refractivity contribution in [1.29, 1.82) is 0 Å². The second-order valence-corrected chi connectivity index (χ2v) is 4.72. The van der Waals surface area contributed by atoms with Crippen molar-refractivity contribution in [2.24, 2.45) is 0 Å². The number of anilines is 1. The van der Waals surface area contributed by atoms with E-state index in [1.807, 2.05) is 0 Å². The van der Waals surface area contributed by atoms with E-state index in [4.69, 9.17) is 23.2 Å². The van der Waals surface area contributed by atoms with Crippen molar-refractivity contribution in [3.63, 3.8) is 0 Å². The Balaban J connectivity index is 2.90. The number of hydrogen-bond acceptors (Lipinski definition) is 4. The van der Waals surface area contributed by atoms with E-state index in [1.54, 1.807) is 25.8 Å². The fourth-order valence-corrected chi connectivity index (χ4v) is 1.62. The van der Waals surface area contributed by atoms with Crippen LogP contribution in [0.4, 0.5) is 5.82 Å². The minimum atomic E-state index is -0.824. The molecule has 15 heavy (non-hydrogen) atoms. The SMILES string of the molecule is CN(CC(C)(C)O)c1nc(Cl)ncc1Cl. The highest BCUT2D eigenvalue weighted by Crippen LogP contribution is 2.23. The molecule has 0 aliphatic carbocycles. The Hall–Kier alpha value is -0.580. The molecular weight excluding hydrogens is 237 g/mol. The molecule has 1 heterocycles. The molecule has 0 unspecified atom stereocenters. The van der Waals surface area contributed by atoms with Crippen LogP contribution in [0.1, 0.15) is 13.8 Å². The number of nitrogens with zero attached hydrogens (tertiary/aromatic N) is 3. The molecule has 0 amide bonds. The highest BCUT2D eigenvalue weighted by Gasteiger charge is 2.18. The number of aliphatic hydroxyl groups is 1. The maximum absolute atomic E-state index is 9.65. The van der Waals surface area contributed by atoms with E-state index in [9.17, 15) is 5.11 Å². The first-order valence-corrected chi connectivity index (χ1v) is 5.17. The van der Waals surface area contributed by atoms with Crippen LogP contribution < -0.4 is 4.90 Å². The van der Waals surface area contributed by atoms with Gasteiger partial charge in [0.05, 0.1) is 11.8 Å². The van der Waals surface area contributed by atoms with Crippen molar-refractivity contribution < 1.29 is 5.11 Å². The summed E-state index contributed by atoms with van der Waals surface area (Å²) in [4.78, 5) is 9.48. The third-order valence-electron chi connectivity index (χ3n) is 1.68. The first kappa shape index (κ1) is 12.5. The first-order chi connectivity index (χ1) is 6.79. The van der Waals surface area contributed by atoms with Gasteiger partial charge in [0.1, 0.15) is 5.02 Å². The summed E-state index contributed by atoms with van der Waals surface area (Å²) in [6.45, 7) is 3.82. The summed E-state index contributed by atoms with van der Waals surface area (Å²) in [6, 6.07) is 0. The third kappa shape index (κ3) is 3.81. The zero-order chi connectivity index (χ0) is 11.6. The van der Waals surface area contributed by atoms with Crippen LogP contribution in [-0.4, -0.2) is 34.3 Å². The molecule has 0 aromatic carbocycles. The summed E-state index contributed by atoms with van der Waals surface area (Å²) in [6.07, 6.45) is 1.44. The lowest BCUT2D eigenvalue weighted by Gasteiger charge is -2.26. The van der Waals surface area contributed by atoms with E-state index < -0.39 is 5.60 Å². The Morgan fingerprint density at radius 2 is 2.07 bits per heavy atom. The monoisotopic (exact) mass is 249 g/mol. The van der Waals surface area contributed by atoms with Crippen molar-refractivity contribution in [3.8, 4) is 0 Å². The van der Waals surface area contributed by atoms with Gasteiger partial charge in [0.25, 0.3) is 0 Å². The first-order valence-electron chi connectivity index (χ1n) is 4.41. The van der Waals surface area contributed by atoms with Crippen LogP contribution in [-0.2, 0) is 0 Å². The maximum Gasteiger partial charge on any atom is 0.224 e. The van der Waals surface area contributed by atoms with Crippen LogP contribution in [0.5, 0.6) is 0 Å². The van der Waals surface area contributed by atoms with Crippen molar-refractivity contribution >= 4 is 29.0 Å². The third-order valence-corrected chi connectivity index (χ3v) is 2.13. The van der Waals surface area contributed by atoms with E-state index >= 15 is 0 Å². The zero-order valence-corrected chi connectivity index (χ0v) is 10.3. The smallest absolute Gasteiger partial charge is 0.224 e. The van der Waals surface area contributed by atoms with Gasteiger partial charge in [0.15, 0.2) is 5.82 Å². The maximum atomic E-state index is 9.65. The fraction of sp³-hybridized carbons (Fsp3) is 0.556. The molecule has 1 aromatic rings. The van der Waals surface area contributed by atoms with Gasteiger partial charge >= 0.3 is 0 Å². The summed E-state index contributed by atoms with van der Waals surface area (Å²) in [5.41, 5.74) is -0.824. The molecule has 0 radical (unpaired) electrons. The average molecular weight is 250 g/mol. The summed E-state index contributed by atoms with van der Waals surface area (Å²) < 4.78 is 0. The van der Waals surface area contributed by atoms with Gasteiger partial charge in [0.2, 0.25) is 5.28 Å². The van der Waals surface area contributed by atoms with Crippen LogP contribution in [0, 0.1) is 0 Å². The number of halogens is 2. The largest absolute Gasteiger partial charge is 0.389 e. The van der Waals surface area contributed by atoms with Gasteiger partial charge < -0.3 is 10.0 Å². The predicted molar refractivity (Wildman–Crippen MR) is 61.6 cm³/mol. The fourth-order valence-electron chi connectivity index (χ4n) is 1.26. The molecule has 0 atom stereocenters. The van der Waals surface area contributed by atoms with Gasteiger partial charge in [-0.3, -0.25) is 0 Å². The molecule has 1 rings (SSSR count).